The van der Waals surface area contributed by atoms with Gasteiger partial charge in [0.1, 0.15) is 0 Å². The molecule has 0 aromatic carbocycles. The molecule has 0 bridgehead atoms. The monoisotopic (exact) mass is 140 g/mol. The van der Waals surface area contributed by atoms with Gasteiger partial charge in [0.25, 0.3) is 0 Å². The minimum atomic E-state index is -0.0889. The van der Waals surface area contributed by atoms with Gasteiger partial charge < -0.3 is 0 Å². The number of hydrogen-bond acceptors (Lipinski definition) is 2. The van der Waals surface area contributed by atoms with Gasteiger partial charge in [-0.05, 0) is 19.1 Å². The molecule has 10 heavy (non-hydrogen) atoms. The third-order valence-electron chi connectivity index (χ3n) is 1.05. The second kappa shape index (κ2) is 3.99. The molecule has 0 rings (SSSR count). The van der Waals surface area contributed by atoms with Crippen LogP contribution >= 0.6 is 0 Å². The SMILES string of the molecule is CC(=O)/C=C/C(=O)C(C)C. The van der Waals surface area contributed by atoms with E-state index in [0.717, 1.165) is 0 Å². The van der Waals surface area contributed by atoms with Crippen molar-refractivity contribution in [1.29, 1.82) is 0 Å². The Kier molecular flexibility index (Phi) is 3.62. The van der Waals surface area contributed by atoms with Crippen LogP contribution in [0.1, 0.15) is 20.8 Å². The predicted octanol–water partition coefficient (Wildman–Crippen LogP) is 1.36. The van der Waals surface area contributed by atoms with E-state index in [0.29, 0.717) is 0 Å². The molecule has 0 aliphatic heterocycles. The number of carbonyl (C=O) groups is 2. The lowest BCUT2D eigenvalue weighted by Gasteiger charge is -1.94. The fourth-order valence-electron chi connectivity index (χ4n) is 0.392. The quantitative estimate of drug-likeness (QED) is 0.554. The summed E-state index contributed by atoms with van der Waals surface area (Å²) in [5.74, 6) is -0.111. The van der Waals surface area contributed by atoms with Crippen molar-refractivity contribution in [2.45, 2.75) is 20.8 Å². The van der Waals surface area contributed by atoms with Crippen molar-refractivity contribution in [2.24, 2.45) is 5.92 Å². The Bertz CT molecular complexity index is 166. The van der Waals surface area contributed by atoms with Crippen molar-refractivity contribution in [3.63, 3.8) is 0 Å². The molecule has 0 amide bonds. The Morgan fingerprint density at radius 2 is 1.70 bits per heavy atom. The number of rotatable bonds is 3. The van der Waals surface area contributed by atoms with Crippen molar-refractivity contribution < 1.29 is 9.59 Å². The summed E-state index contributed by atoms with van der Waals surface area (Å²) in [5.41, 5.74) is 0. The van der Waals surface area contributed by atoms with Crippen molar-refractivity contribution >= 4 is 11.6 Å². The molecule has 0 aromatic heterocycles. The van der Waals surface area contributed by atoms with Crippen LogP contribution < -0.4 is 0 Å². The average molecular weight is 140 g/mol. The molecule has 0 radical (unpaired) electrons. The molecule has 2 heteroatoms. The molecule has 0 heterocycles. The molecule has 0 spiro atoms. The second-order valence-corrected chi connectivity index (χ2v) is 2.50. The van der Waals surface area contributed by atoms with Gasteiger partial charge in [-0.15, -0.1) is 0 Å². The normalized spacial score (nSPS) is 10.8. The first-order valence-electron chi connectivity index (χ1n) is 3.26. The zero-order valence-corrected chi connectivity index (χ0v) is 6.55. The highest BCUT2D eigenvalue weighted by atomic mass is 16.1. The van der Waals surface area contributed by atoms with Gasteiger partial charge in [-0.1, -0.05) is 13.8 Å². The fourth-order valence-corrected chi connectivity index (χ4v) is 0.392. The smallest absolute Gasteiger partial charge is 0.158 e. The third kappa shape index (κ3) is 4.01. The summed E-state index contributed by atoms with van der Waals surface area (Å²) in [5, 5.41) is 0. The third-order valence-corrected chi connectivity index (χ3v) is 1.05. The Balaban J connectivity index is 3.90. The van der Waals surface area contributed by atoms with E-state index in [-0.39, 0.29) is 17.5 Å². The van der Waals surface area contributed by atoms with Gasteiger partial charge in [-0.25, -0.2) is 0 Å². The van der Waals surface area contributed by atoms with E-state index in [1.807, 2.05) is 0 Å². The van der Waals surface area contributed by atoms with Gasteiger partial charge in [-0.3, -0.25) is 9.59 Å². The van der Waals surface area contributed by atoms with E-state index >= 15 is 0 Å². The van der Waals surface area contributed by atoms with Crippen LogP contribution in [0.5, 0.6) is 0 Å². The Morgan fingerprint density at radius 3 is 2.00 bits per heavy atom. The summed E-state index contributed by atoms with van der Waals surface area (Å²) in [6, 6.07) is 0. The van der Waals surface area contributed by atoms with Gasteiger partial charge in [0.2, 0.25) is 0 Å². The van der Waals surface area contributed by atoms with Crippen LogP contribution in [-0.2, 0) is 9.59 Å². The first kappa shape index (κ1) is 9.08. The zero-order chi connectivity index (χ0) is 8.15. The molecule has 0 aliphatic rings. The second-order valence-electron chi connectivity index (χ2n) is 2.50. The van der Waals surface area contributed by atoms with Crippen LogP contribution in [-0.4, -0.2) is 11.6 Å². The highest BCUT2D eigenvalue weighted by molar-refractivity contribution is 5.98. The van der Waals surface area contributed by atoms with Gasteiger partial charge in [0.15, 0.2) is 11.6 Å². The van der Waals surface area contributed by atoms with E-state index < -0.39 is 0 Å². The summed E-state index contributed by atoms with van der Waals surface area (Å²) < 4.78 is 0. The molecule has 2 nitrogen and oxygen atoms in total. The van der Waals surface area contributed by atoms with Crippen LogP contribution in [0, 0.1) is 5.92 Å². The molecule has 0 saturated carbocycles. The molecule has 0 fully saturated rings. The molecule has 56 valence electrons. The maximum atomic E-state index is 10.8. The zero-order valence-electron chi connectivity index (χ0n) is 6.55. The predicted molar refractivity (Wildman–Crippen MR) is 39.7 cm³/mol. The van der Waals surface area contributed by atoms with Crippen molar-refractivity contribution in [1.82, 2.24) is 0 Å². The maximum absolute atomic E-state index is 10.8. The van der Waals surface area contributed by atoms with E-state index in [1.165, 1.54) is 19.1 Å². The number of allylic oxidation sites excluding steroid dienone is 2. The van der Waals surface area contributed by atoms with E-state index in [1.54, 1.807) is 13.8 Å². The van der Waals surface area contributed by atoms with E-state index in [2.05, 4.69) is 0 Å². The first-order chi connectivity index (χ1) is 4.54. The molecular formula is C8H12O2. The van der Waals surface area contributed by atoms with Crippen LogP contribution in [0.4, 0.5) is 0 Å². The van der Waals surface area contributed by atoms with Gasteiger partial charge in [0, 0.05) is 5.92 Å². The Hall–Kier alpha value is -0.920. The lowest BCUT2D eigenvalue weighted by molar-refractivity contribution is -0.118. The summed E-state index contributed by atoms with van der Waals surface area (Å²) in [6.07, 6.45) is 2.62. The number of hydrogen-bond donors (Lipinski definition) is 0. The van der Waals surface area contributed by atoms with Crippen molar-refractivity contribution in [3.8, 4) is 0 Å². The summed E-state index contributed by atoms with van der Waals surface area (Å²) in [4.78, 5) is 21.1. The average Bonchev–Trinajstić information content (AvgIpc) is 1.82. The largest absolute Gasteiger partial charge is 0.295 e. The van der Waals surface area contributed by atoms with Gasteiger partial charge in [-0.2, -0.15) is 0 Å². The van der Waals surface area contributed by atoms with Gasteiger partial charge >= 0.3 is 0 Å². The van der Waals surface area contributed by atoms with Crippen LogP contribution in [0.25, 0.3) is 0 Å². The Labute approximate surface area is 60.9 Å². The van der Waals surface area contributed by atoms with Crippen molar-refractivity contribution in [2.75, 3.05) is 0 Å². The van der Waals surface area contributed by atoms with Crippen LogP contribution in [0.2, 0.25) is 0 Å². The lowest BCUT2D eigenvalue weighted by Crippen LogP contribution is -2.02. The molecule has 0 N–H and O–H groups in total. The number of ketones is 2. The minimum Gasteiger partial charge on any atom is -0.295 e. The Morgan fingerprint density at radius 1 is 1.20 bits per heavy atom. The standard InChI is InChI=1S/C8H12O2/c1-6(2)8(10)5-4-7(3)9/h4-6H,1-3H3/b5-4+. The van der Waals surface area contributed by atoms with Crippen LogP contribution in [0.15, 0.2) is 12.2 Å². The summed E-state index contributed by atoms with van der Waals surface area (Å²) in [6.45, 7) is 5.02. The number of carbonyl (C=O) groups excluding carboxylic acids is 2. The van der Waals surface area contributed by atoms with E-state index in [4.69, 9.17) is 0 Å². The van der Waals surface area contributed by atoms with Crippen molar-refractivity contribution in [3.05, 3.63) is 12.2 Å². The molecule has 0 aliphatic carbocycles. The first-order valence-corrected chi connectivity index (χ1v) is 3.26. The van der Waals surface area contributed by atoms with Gasteiger partial charge in [0.05, 0.1) is 0 Å². The van der Waals surface area contributed by atoms with E-state index in [9.17, 15) is 9.59 Å². The molecular weight excluding hydrogens is 128 g/mol. The molecule has 0 unspecified atom stereocenters. The highest BCUT2D eigenvalue weighted by Gasteiger charge is 2.00. The summed E-state index contributed by atoms with van der Waals surface area (Å²) >= 11 is 0. The van der Waals surface area contributed by atoms with Crippen LogP contribution in [0.3, 0.4) is 0 Å². The molecule has 0 aromatic rings. The fraction of sp³-hybridized carbons (Fsp3) is 0.500. The lowest BCUT2D eigenvalue weighted by atomic mass is 10.1. The topological polar surface area (TPSA) is 34.1 Å². The molecule has 0 atom stereocenters. The minimum absolute atomic E-state index is 0.00444. The summed E-state index contributed by atoms with van der Waals surface area (Å²) in [7, 11) is 0. The molecule has 0 saturated heterocycles. The maximum Gasteiger partial charge on any atom is 0.158 e. The highest BCUT2D eigenvalue weighted by Crippen LogP contribution is 1.94.